The molecule has 0 spiro atoms. The third kappa shape index (κ3) is 5.04. The topological polar surface area (TPSA) is 3.24 Å². The Kier molecular flexibility index (Phi) is 7.07. The molecule has 0 bridgehead atoms. The maximum Gasteiger partial charge on any atom is 0.0554 e. The quantitative estimate of drug-likeness (QED) is 0.177. The van der Waals surface area contributed by atoms with Gasteiger partial charge in [-0.2, -0.15) is 0 Å². The zero-order valence-electron chi connectivity index (χ0n) is 26.3. The zero-order valence-corrected chi connectivity index (χ0v) is 27.1. The Morgan fingerprint density at radius 2 is 0.875 bits per heavy atom. The fourth-order valence-electron chi connectivity index (χ4n) is 6.91. The molecule has 9 aromatic rings. The second kappa shape index (κ2) is 12.0. The SMILES string of the molecule is c1ccc(-c2ccc(-c3ccc(N(c4ccccc4)c4cc5sc6ccccc6c5cc4-c4cccc5ccccc45)cc3)cc2)cc1. The van der Waals surface area contributed by atoms with Gasteiger partial charge in [-0.15, -0.1) is 11.3 Å². The summed E-state index contributed by atoms with van der Waals surface area (Å²) in [6, 6.07) is 68.2. The molecule has 0 saturated heterocycles. The van der Waals surface area contributed by atoms with Crippen LogP contribution in [-0.2, 0) is 0 Å². The molecule has 0 saturated carbocycles. The van der Waals surface area contributed by atoms with E-state index in [1.54, 1.807) is 0 Å². The van der Waals surface area contributed by atoms with E-state index in [0.29, 0.717) is 0 Å². The summed E-state index contributed by atoms with van der Waals surface area (Å²) in [6.07, 6.45) is 0. The smallest absolute Gasteiger partial charge is 0.0554 e. The van der Waals surface area contributed by atoms with Gasteiger partial charge in [0.15, 0.2) is 0 Å². The molecule has 0 aliphatic carbocycles. The number of thiophene rings is 1. The molecule has 1 aromatic heterocycles. The number of hydrogen-bond donors (Lipinski definition) is 0. The van der Waals surface area contributed by atoms with E-state index >= 15 is 0 Å². The molecule has 1 nitrogen and oxygen atoms in total. The second-order valence-corrected chi connectivity index (χ2v) is 13.2. The first-order valence-electron chi connectivity index (χ1n) is 16.3. The van der Waals surface area contributed by atoms with Crippen LogP contribution >= 0.6 is 11.3 Å². The Hall–Kier alpha value is -5.96. The van der Waals surface area contributed by atoms with Crippen LogP contribution in [0.4, 0.5) is 17.1 Å². The lowest BCUT2D eigenvalue weighted by Gasteiger charge is -2.28. The van der Waals surface area contributed by atoms with Crippen LogP contribution in [0.25, 0.3) is 64.3 Å². The molecule has 226 valence electrons. The standard InChI is InChI=1S/C46H31NS/c1-3-12-32(13-4-1)33-22-24-34(25-23-33)35-26-28-38(29-27-35)47(37-16-5-2-6-17-37)44-31-46-43(41-19-9-10-21-45(41)48-46)30-42(44)40-20-11-15-36-14-7-8-18-39(36)40/h1-31H. The first kappa shape index (κ1) is 28.3. The summed E-state index contributed by atoms with van der Waals surface area (Å²) in [5.74, 6) is 0. The fourth-order valence-corrected chi connectivity index (χ4v) is 8.04. The summed E-state index contributed by atoms with van der Waals surface area (Å²) in [7, 11) is 0. The molecule has 2 heteroatoms. The number of hydrogen-bond acceptors (Lipinski definition) is 2. The lowest BCUT2D eigenvalue weighted by atomic mass is 9.94. The molecular weight excluding hydrogens is 599 g/mol. The number of para-hydroxylation sites is 1. The van der Waals surface area contributed by atoms with Crippen LogP contribution in [0.1, 0.15) is 0 Å². The number of anilines is 3. The van der Waals surface area contributed by atoms with Crippen LogP contribution in [0, 0.1) is 0 Å². The van der Waals surface area contributed by atoms with E-state index < -0.39 is 0 Å². The van der Waals surface area contributed by atoms with Crippen molar-refractivity contribution in [1.82, 2.24) is 0 Å². The molecule has 8 aromatic carbocycles. The molecule has 0 radical (unpaired) electrons. The van der Waals surface area contributed by atoms with Crippen molar-refractivity contribution in [3.63, 3.8) is 0 Å². The number of benzene rings is 8. The third-order valence-corrected chi connectivity index (χ3v) is 10.4. The predicted octanol–water partition coefficient (Wildman–Crippen LogP) is 13.7. The maximum atomic E-state index is 2.42. The highest BCUT2D eigenvalue weighted by molar-refractivity contribution is 7.25. The van der Waals surface area contributed by atoms with Crippen molar-refractivity contribution >= 4 is 59.3 Å². The molecule has 48 heavy (non-hydrogen) atoms. The van der Waals surface area contributed by atoms with Gasteiger partial charge in [-0.1, -0.05) is 146 Å². The van der Waals surface area contributed by atoms with Crippen molar-refractivity contribution in [3.8, 4) is 33.4 Å². The third-order valence-electron chi connectivity index (χ3n) is 9.28. The van der Waals surface area contributed by atoms with Gasteiger partial charge in [0.1, 0.15) is 0 Å². The average Bonchev–Trinajstić information content (AvgIpc) is 3.53. The van der Waals surface area contributed by atoms with Gasteiger partial charge in [0.2, 0.25) is 0 Å². The summed E-state index contributed by atoms with van der Waals surface area (Å²) in [6.45, 7) is 0. The van der Waals surface area contributed by atoms with Crippen LogP contribution < -0.4 is 4.90 Å². The zero-order chi connectivity index (χ0) is 31.9. The van der Waals surface area contributed by atoms with Crippen molar-refractivity contribution in [3.05, 3.63) is 188 Å². The van der Waals surface area contributed by atoms with E-state index in [1.165, 1.54) is 64.3 Å². The van der Waals surface area contributed by atoms with Crippen LogP contribution in [0.3, 0.4) is 0 Å². The van der Waals surface area contributed by atoms with Crippen molar-refractivity contribution in [2.75, 3.05) is 4.90 Å². The minimum atomic E-state index is 1.12. The Bertz CT molecular complexity index is 2530. The lowest BCUT2D eigenvalue weighted by Crippen LogP contribution is -2.11. The summed E-state index contributed by atoms with van der Waals surface area (Å²) in [5.41, 5.74) is 10.7. The van der Waals surface area contributed by atoms with Gasteiger partial charge in [-0.3, -0.25) is 0 Å². The minimum absolute atomic E-state index is 1.12. The van der Waals surface area contributed by atoms with Gasteiger partial charge >= 0.3 is 0 Å². The van der Waals surface area contributed by atoms with E-state index in [0.717, 1.165) is 17.1 Å². The predicted molar refractivity (Wildman–Crippen MR) is 208 cm³/mol. The fraction of sp³-hybridized carbons (Fsp3) is 0. The van der Waals surface area contributed by atoms with E-state index in [-0.39, 0.29) is 0 Å². The summed E-state index contributed by atoms with van der Waals surface area (Å²) in [4.78, 5) is 2.42. The highest BCUT2D eigenvalue weighted by Gasteiger charge is 2.21. The van der Waals surface area contributed by atoms with Gasteiger partial charge in [0.25, 0.3) is 0 Å². The minimum Gasteiger partial charge on any atom is -0.310 e. The van der Waals surface area contributed by atoms with Gasteiger partial charge in [0.05, 0.1) is 5.69 Å². The highest BCUT2D eigenvalue weighted by atomic mass is 32.1. The first-order chi connectivity index (χ1) is 23.8. The van der Waals surface area contributed by atoms with Gasteiger partial charge in [-0.25, -0.2) is 0 Å². The number of nitrogens with zero attached hydrogens (tertiary/aromatic N) is 1. The molecular formula is C46H31NS. The van der Waals surface area contributed by atoms with Crippen molar-refractivity contribution in [1.29, 1.82) is 0 Å². The van der Waals surface area contributed by atoms with Crippen molar-refractivity contribution in [2.24, 2.45) is 0 Å². The van der Waals surface area contributed by atoms with Gasteiger partial charge in [-0.05, 0) is 81.1 Å². The molecule has 0 aliphatic heterocycles. The molecule has 1 heterocycles. The molecule has 0 fully saturated rings. The van der Waals surface area contributed by atoms with Crippen LogP contribution in [-0.4, -0.2) is 0 Å². The first-order valence-corrected chi connectivity index (χ1v) is 17.2. The Morgan fingerprint density at radius 1 is 0.333 bits per heavy atom. The van der Waals surface area contributed by atoms with Crippen LogP contribution in [0.15, 0.2) is 188 Å². The second-order valence-electron chi connectivity index (χ2n) is 12.2. The molecule has 0 atom stereocenters. The van der Waals surface area contributed by atoms with Crippen molar-refractivity contribution < 1.29 is 0 Å². The molecule has 0 N–H and O–H groups in total. The van der Waals surface area contributed by atoms with E-state index in [4.69, 9.17) is 0 Å². The Balaban J connectivity index is 1.22. The normalized spacial score (nSPS) is 11.3. The number of fused-ring (bicyclic) bond motifs is 4. The molecule has 9 rings (SSSR count). The van der Waals surface area contributed by atoms with Gasteiger partial charge in [0, 0.05) is 37.1 Å². The van der Waals surface area contributed by atoms with E-state index in [2.05, 4.69) is 193 Å². The Morgan fingerprint density at radius 3 is 1.60 bits per heavy atom. The van der Waals surface area contributed by atoms with Crippen LogP contribution in [0.2, 0.25) is 0 Å². The highest BCUT2D eigenvalue weighted by Crippen LogP contribution is 2.47. The van der Waals surface area contributed by atoms with E-state index in [9.17, 15) is 0 Å². The van der Waals surface area contributed by atoms with Gasteiger partial charge < -0.3 is 4.90 Å². The summed E-state index contributed by atoms with van der Waals surface area (Å²) < 4.78 is 2.59. The van der Waals surface area contributed by atoms with Crippen molar-refractivity contribution in [2.45, 2.75) is 0 Å². The maximum absolute atomic E-state index is 2.42. The lowest BCUT2D eigenvalue weighted by molar-refractivity contribution is 1.29. The molecule has 0 amide bonds. The summed E-state index contributed by atoms with van der Waals surface area (Å²) in [5, 5.41) is 5.09. The van der Waals surface area contributed by atoms with E-state index in [1.807, 2.05) is 11.3 Å². The molecule has 0 aliphatic rings. The average molecular weight is 630 g/mol. The monoisotopic (exact) mass is 629 g/mol. The summed E-state index contributed by atoms with van der Waals surface area (Å²) >= 11 is 1.86. The number of rotatable bonds is 6. The largest absolute Gasteiger partial charge is 0.310 e. The van der Waals surface area contributed by atoms with Crippen LogP contribution in [0.5, 0.6) is 0 Å². The Labute approximate surface area is 284 Å². The molecule has 0 unspecified atom stereocenters.